The molecule has 2 heterocycles. The van der Waals surface area contributed by atoms with E-state index < -0.39 is 0 Å². The van der Waals surface area contributed by atoms with E-state index in [2.05, 4.69) is 104 Å². The van der Waals surface area contributed by atoms with E-state index in [0.29, 0.717) is 23.7 Å². The highest BCUT2D eigenvalue weighted by atomic mass is 15.5. The average Bonchev–Trinajstić information content (AvgIpc) is 3.39. The molecule has 0 fully saturated rings. The zero-order chi connectivity index (χ0) is 26.3. The Balaban J connectivity index is 1.89. The van der Waals surface area contributed by atoms with E-state index in [1.165, 1.54) is 22.3 Å². The Kier molecular flexibility index (Phi) is 7.17. The fourth-order valence-corrected chi connectivity index (χ4v) is 4.87. The monoisotopic (exact) mass is 484 g/mol. The molecule has 0 aliphatic rings. The van der Waals surface area contributed by atoms with E-state index >= 15 is 0 Å². The van der Waals surface area contributed by atoms with Gasteiger partial charge in [-0.2, -0.15) is 0 Å². The Morgan fingerprint density at radius 1 is 0.556 bits per heavy atom. The van der Waals surface area contributed by atoms with Gasteiger partial charge in [0.1, 0.15) is 0 Å². The van der Waals surface area contributed by atoms with Gasteiger partial charge in [0.25, 0.3) is 0 Å². The number of aromatic nitrogens is 6. The molecule has 0 aliphatic heterocycles. The summed E-state index contributed by atoms with van der Waals surface area (Å²) in [6.45, 7) is 17.8. The molecule has 0 spiro atoms. The van der Waals surface area contributed by atoms with Gasteiger partial charge in [-0.05, 0) is 23.7 Å². The summed E-state index contributed by atoms with van der Waals surface area (Å²) in [7, 11) is 3.92. The van der Waals surface area contributed by atoms with Crippen LogP contribution in [0, 0.1) is 12.4 Å². The summed E-state index contributed by atoms with van der Waals surface area (Å²) >= 11 is 0. The largest absolute Gasteiger partial charge is 0.221 e. The van der Waals surface area contributed by atoms with Gasteiger partial charge >= 0.3 is 0 Å². The fraction of sp³-hybridized carbons (Fsp3) is 0.467. The van der Waals surface area contributed by atoms with E-state index in [4.69, 9.17) is 10.4 Å². The molecule has 0 unspecified atom stereocenters. The van der Waals surface area contributed by atoms with Crippen molar-refractivity contribution in [2.75, 3.05) is 0 Å². The van der Waals surface area contributed by atoms with Gasteiger partial charge in [0.15, 0.2) is 0 Å². The van der Waals surface area contributed by atoms with Crippen LogP contribution in [0.3, 0.4) is 0 Å². The molecule has 0 radical (unpaired) electrons. The predicted octanol–water partition coefficient (Wildman–Crippen LogP) is 5.47. The van der Waals surface area contributed by atoms with Crippen molar-refractivity contribution < 1.29 is 9.36 Å². The molecule has 0 saturated heterocycles. The first-order valence-electron chi connectivity index (χ1n) is 13.0. The number of hydrogen-bond donors (Lipinski definition) is 0. The van der Waals surface area contributed by atoms with Gasteiger partial charge < -0.3 is 0 Å². The number of aryl methyl sites for hydroxylation is 2. The van der Waals surface area contributed by atoms with Crippen LogP contribution >= 0.6 is 0 Å². The third-order valence-electron chi connectivity index (χ3n) is 6.85. The zero-order valence-corrected chi connectivity index (χ0v) is 23.5. The first-order valence-corrected chi connectivity index (χ1v) is 13.0. The maximum Gasteiger partial charge on any atom is 0.0876 e. The molecule has 2 aromatic heterocycles. The molecule has 0 N–H and O–H groups in total. The van der Waals surface area contributed by atoms with Crippen LogP contribution in [0.25, 0.3) is 22.8 Å². The third kappa shape index (κ3) is 4.61. The second-order valence-electron chi connectivity index (χ2n) is 11.0. The molecule has 190 valence electrons. The topological polar surface area (TPSA) is 43.4 Å². The van der Waals surface area contributed by atoms with Gasteiger partial charge in [-0.25, -0.2) is 18.7 Å². The molecular weight excluding hydrogens is 444 g/mol. The highest BCUT2D eigenvalue weighted by Crippen LogP contribution is 2.29. The molecule has 0 bridgehead atoms. The summed E-state index contributed by atoms with van der Waals surface area (Å²) in [5.41, 5.74) is 8.98. The van der Waals surface area contributed by atoms with Crippen LogP contribution < -0.4 is 9.36 Å². The standard InChI is InChI=1S/C30H40N6/c1-19(2)23-13-11-14-24(20(3)4)29(23)35-17-27(33(9)31-35)28-18-36(32-34(28)10)30-25(21(5)6)15-12-16-26(30)22(7)8/h11-16,19-22H,1-10H3. The average molecular weight is 485 g/mol. The quantitative estimate of drug-likeness (QED) is 0.258. The zero-order valence-electron chi connectivity index (χ0n) is 23.5. The third-order valence-corrected chi connectivity index (χ3v) is 6.85. The molecule has 6 nitrogen and oxygen atoms in total. The molecule has 2 aromatic carbocycles. The highest BCUT2D eigenvalue weighted by Gasteiger charge is 2.20. The molecular formula is C30H40N6. The Hall–Kier alpha value is -3.28. The summed E-state index contributed by atoms with van der Waals surface area (Å²) in [6, 6.07) is 13.1. The second-order valence-corrected chi connectivity index (χ2v) is 11.0. The van der Waals surface area contributed by atoms with Crippen molar-refractivity contribution in [2.45, 2.75) is 79.1 Å². The molecule has 0 saturated carbocycles. The summed E-state index contributed by atoms with van der Waals surface area (Å²) in [6.07, 6.45) is 7.10. The molecule has 6 heteroatoms. The van der Waals surface area contributed by atoms with Crippen molar-refractivity contribution in [3.05, 3.63) is 71.0 Å². The molecule has 0 amide bonds. The number of nitrogens with zero attached hydrogens (tertiary/aromatic N) is 6. The van der Waals surface area contributed by atoms with E-state index in [0.717, 1.165) is 22.8 Å². The normalized spacial score (nSPS) is 12.1. The minimum atomic E-state index is 0.373. The van der Waals surface area contributed by atoms with Crippen molar-refractivity contribution in [1.82, 2.24) is 19.8 Å². The van der Waals surface area contributed by atoms with E-state index in [1.807, 2.05) is 32.8 Å². The van der Waals surface area contributed by atoms with Crippen LogP contribution in [0.5, 0.6) is 0 Å². The van der Waals surface area contributed by atoms with Gasteiger partial charge in [-0.15, -0.1) is 0 Å². The van der Waals surface area contributed by atoms with Gasteiger partial charge in [0.05, 0.1) is 35.9 Å². The fourth-order valence-electron chi connectivity index (χ4n) is 4.87. The van der Waals surface area contributed by atoms with Crippen molar-refractivity contribution in [3.63, 3.8) is 0 Å². The Morgan fingerprint density at radius 2 is 0.833 bits per heavy atom. The van der Waals surface area contributed by atoms with Crippen LogP contribution in [0.4, 0.5) is 0 Å². The van der Waals surface area contributed by atoms with Gasteiger partial charge in [0, 0.05) is 23.8 Å². The van der Waals surface area contributed by atoms with Gasteiger partial charge in [0.2, 0.25) is 0 Å². The summed E-state index contributed by atoms with van der Waals surface area (Å²) in [5, 5.41) is 9.73. The van der Waals surface area contributed by atoms with Crippen LogP contribution in [0.1, 0.15) is 101 Å². The Bertz CT molecular complexity index is 1210. The lowest BCUT2D eigenvalue weighted by Crippen LogP contribution is -2.36. The predicted molar refractivity (Wildman–Crippen MR) is 143 cm³/mol. The van der Waals surface area contributed by atoms with Gasteiger partial charge in [-0.1, -0.05) is 114 Å². The van der Waals surface area contributed by atoms with Crippen molar-refractivity contribution in [1.29, 1.82) is 0 Å². The minimum Gasteiger partial charge on any atom is -0.221 e. The Labute approximate surface area is 216 Å². The van der Waals surface area contributed by atoms with Crippen molar-refractivity contribution in [2.24, 2.45) is 14.1 Å². The van der Waals surface area contributed by atoms with Crippen LogP contribution in [0.15, 0.2) is 36.4 Å². The molecule has 0 aliphatic carbocycles. The number of rotatable bonds is 7. The highest BCUT2D eigenvalue weighted by molar-refractivity contribution is 5.51. The van der Waals surface area contributed by atoms with E-state index in [9.17, 15) is 0 Å². The first-order chi connectivity index (χ1) is 17.0. The van der Waals surface area contributed by atoms with Crippen LogP contribution in [-0.2, 0) is 14.1 Å². The lowest BCUT2D eigenvalue weighted by molar-refractivity contribution is -0.666. The molecule has 4 rings (SSSR count). The van der Waals surface area contributed by atoms with Crippen molar-refractivity contribution >= 4 is 0 Å². The molecule has 36 heavy (non-hydrogen) atoms. The number of benzene rings is 2. The number of hydrogen-bond acceptors (Lipinski definition) is 2. The minimum absolute atomic E-state index is 0.373. The maximum atomic E-state index is 4.87. The Morgan fingerprint density at radius 3 is 1.08 bits per heavy atom. The summed E-state index contributed by atoms with van der Waals surface area (Å²) in [4.78, 5) is 0. The smallest absolute Gasteiger partial charge is 0.0876 e. The van der Waals surface area contributed by atoms with Crippen molar-refractivity contribution in [3.8, 4) is 22.8 Å². The van der Waals surface area contributed by atoms with E-state index in [1.54, 1.807) is 0 Å². The lowest BCUT2D eigenvalue weighted by Gasteiger charge is -2.20. The van der Waals surface area contributed by atoms with E-state index in [-0.39, 0.29) is 0 Å². The number of para-hydroxylation sites is 2. The summed E-state index contributed by atoms with van der Waals surface area (Å²) in [5.74, 6) is 1.49. The molecule has 0 atom stereocenters. The maximum absolute atomic E-state index is 4.87. The second kappa shape index (κ2) is 10.00. The van der Waals surface area contributed by atoms with Crippen LogP contribution in [-0.4, -0.2) is 19.8 Å². The molecule has 4 aromatic rings. The lowest BCUT2D eigenvalue weighted by atomic mass is 9.92. The first kappa shape index (κ1) is 25.8. The SMILES string of the molecule is CC(C)c1cccc(C(C)C)c1-[n+]1[c-]c(-c2[c-][n+](-c3c(C(C)C)cccc3C(C)C)nn2C)n(C)n1. The summed E-state index contributed by atoms with van der Waals surface area (Å²) < 4.78 is 7.56. The van der Waals surface area contributed by atoms with Crippen LogP contribution in [0.2, 0.25) is 0 Å². The van der Waals surface area contributed by atoms with Gasteiger partial charge in [-0.3, -0.25) is 0 Å².